The molecule has 6 nitrogen and oxygen atoms in total. The van der Waals surface area contributed by atoms with Crippen LogP contribution in [0.3, 0.4) is 0 Å². The van der Waals surface area contributed by atoms with Gasteiger partial charge in [-0.25, -0.2) is 0 Å². The van der Waals surface area contributed by atoms with E-state index in [0.29, 0.717) is 31.6 Å². The van der Waals surface area contributed by atoms with Crippen molar-refractivity contribution in [3.63, 3.8) is 0 Å². The second kappa shape index (κ2) is 6.85. The molecule has 1 fully saturated rings. The molecule has 0 aromatic carbocycles. The first-order chi connectivity index (χ1) is 9.60. The Morgan fingerprint density at radius 2 is 2.20 bits per heavy atom. The van der Waals surface area contributed by atoms with Crippen molar-refractivity contribution in [3.05, 3.63) is 18.0 Å². The van der Waals surface area contributed by atoms with E-state index in [4.69, 9.17) is 5.73 Å². The molecular weight excluding hydrogens is 254 g/mol. The predicted octanol–water partition coefficient (Wildman–Crippen LogP) is -0.110. The van der Waals surface area contributed by atoms with E-state index in [1.807, 2.05) is 19.4 Å². The van der Waals surface area contributed by atoms with Gasteiger partial charge in [-0.2, -0.15) is 5.10 Å². The van der Waals surface area contributed by atoms with Crippen LogP contribution in [0.1, 0.15) is 24.8 Å². The van der Waals surface area contributed by atoms with E-state index in [9.17, 15) is 4.79 Å². The molecule has 1 aliphatic heterocycles. The first-order valence-electron chi connectivity index (χ1n) is 7.26. The third-order valence-electron chi connectivity index (χ3n) is 4.17. The number of nitrogens with zero attached hydrogens (tertiary/aromatic N) is 3. The van der Waals surface area contributed by atoms with Crippen LogP contribution < -0.4 is 11.1 Å². The van der Waals surface area contributed by atoms with Crippen molar-refractivity contribution in [2.24, 2.45) is 12.8 Å². The molecule has 0 bridgehead atoms. The van der Waals surface area contributed by atoms with E-state index in [2.05, 4.69) is 22.4 Å². The van der Waals surface area contributed by atoms with Gasteiger partial charge in [-0.3, -0.25) is 14.4 Å². The van der Waals surface area contributed by atoms with Gasteiger partial charge in [-0.1, -0.05) is 0 Å². The molecule has 20 heavy (non-hydrogen) atoms. The van der Waals surface area contributed by atoms with Crippen LogP contribution in [0.4, 0.5) is 0 Å². The fraction of sp³-hybridized carbons (Fsp3) is 0.714. The molecule has 0 radical (unpaired) electrons. The number of carbonyl (C=O) groups is 1. The zero-order valence-electron chi connectivity index (χ0n) is 12.4. The van der Waals surface area contributed by atoms with E-state index in [1.54, 1.807) is 4.68 Å². The number of aryl methyl sites for hydroxylation is 1. The lowest BCUT2D eigenvalue weighted by atomic mass is 10.1. The molecular formula is C14H25N5O. The molecule has 1 saturated heterocycles. The Labute approximate surface area is 120 Å². The van der Waals surface area contributed by atoms with E-state index in [0.717, 1.165) is 24.8 Å². The van der Waals surface area contributed by atoms with Crippen molar-refractivity contribution in [1.82, 2.24) is 20.0 Å². The minimum absolute atomic E-state index is 0.128. The average molecular weight is 279 g/mol. The molecule has 0 aliphatic carbocycles. The van der Waals surface area contributed by atoms with Crippen LogP contribution in [-0.4, -0.2) is 52.8 Å². The number of rotatable bonds is 6. The summed E-state index contributed by atoms with van der Waals surface area (Å²) in [6.07, 6.45) is 7.37. The summed E-state index contributed by atoms with van der Waals surface area (Å²) in [6, 6.07) is 0.769. The van der Waals surface area contributed by atoms with Crippen LogP contribution in [0.25, 0.3) is 0 Å². The number of carbonyl (C=O) groups excluding carboxylic acids is 1. The van der Waals surface area contributed by atoms with Crippen molar-refractivity contribution in [2.45, 2.75) is 37.8 Å². The summed E-state index contributed by atoms with van der Waals surface area (Å²) in [5.74, 6) is 0.128. The number of hydrogen-bond donors (Lipinski definition) is 2. The molecule has 0 unspecified atom stereocenters. The Balaban J connectivity index is 1.68. The summed E-state index contributed by atoms with van der Waals surface area (Å²) < 4.78 is 1.78. The topological polar surface area (TPSA) is 76.2 Å². The van der Waals surface area contributed by atoms with Gasteiger partial charge in [0.05, 0.1) is 6.20 Å². The van der Waals surface area contributed by atoms with Gasteiger partial charge >= 0.3 is 0 Å². The second-order valence-corrected chi connectivity index (χ2v) is 5.61. The SMILES string of the molecule is CN1[C@@H](CN)CC[C@H]1CC(=O)NCCc1cnn(C)c1. The van der Waals surface area contributed by atoms with Crippen LogP contribution in [0, 0.1) is 0 Å². The van der Waals surface area contributed by atoms with Gasteiger partial charge in [0, 0.05) is 44.8 Å². The Morgan fingerprint density at radius 1 is 1.45 bits per heavy atom. The molecule has 6 heteroatoms. The van der Waals surface area contributed by atoms with Crippen LogP contribution in [0.5, 0.6) is 0 Å². The first-order valence-corrected chi connectivity index (χ1v) is 7.26. The quantitative estimate of drug-likeness (QED) is 0.762. The van der Waals surface area contributed by atoms with Gasteiger partial charge in [0.1, 0.15) is 0 Å². The fourth-order valence-electron chi connectivity index (χ4n) is 2.85. The number of nitrogens with one attached hydrogen (secondary N) is 1. The van der Waals surface area contributed by atoms with E-state index >= 15 is 0 Å². The lowest BCUT2D eigenvalue weighted by molar-refractivity contribution is -0.122. The summed E-state index contributed by atoms with van der Waals surface area (Å²) in [5.41, 5.74) is 6.86. The van der Waals surface area contributed by atoms with Gasteiger partial charge in [0.25, 0.3) is 0 Å². The maximum Gasteiger partial charge on any atom is 0.221 e. The minimum Gasteiger partial charge on any atom is -0.356 e. The van der Waals surface area contributed by atoms with Crippen molar-refractivity contribution >= 4 is 5.91 Å². The van der Waals surface area contributed by atoms with E-state index in [1.165, 1.54) is 0 Å². The van der Waals surface area contributed by atoms with Gasteiger partial charge < -0.3 is 11.1 Å². The average Bonchev–Trinajstić information content (AvgIpc) is 2.97. The molecule has 1 aromatic rings. The number of nitrogens with two attached hydrogens (primary N) is 1. The summed E-state index contributed by atoms with van der Waals surface area (Å²) >= 11 is 0. The van der Waals surface area contributed by atoms with Crippen LogP contribution in [-0.2, 0) is 18.3 Å². The highest BCUT2D eigenvalue weighted by Gasteiger charge is 2.30. The van der Waals surface area contributed by atoms with Crippen LogP contribution >= 0.6 is 0 Å². The summed E-state index contributed by atoms with van der Waals surface area (Å²) in [7, 11) is 3.96. The van der Waals surface area contributed by atoms with Crippen molar-refractivity contribution in [1.29, 1.82) is 0 Å². The van der Waals surface area contributed by atoms with Gasteiger partial charge in [-0.05, 0) is 31.9 Å². The molecule has 2 heterocycles. The highest BCUT2D eigenvalue weighted by atomic mass is 16.1. The number of likely N-dealkylation sites (N-methyl/N-ethyl adjacent to an activating group) is 1. The van der Waals surface area contributed by atoms with Gasteiger partial charge in [0.15, 0.2) is 0 Å². The van der Waals surface area contributed by atoms with Crippen molar-refractivity contribution in [3.8, 4) is 0 Å². The number of likely N-dealkylation sites (tertiary alicyclic amines) is 1. The lowest BCUT2D eigenvalue weighted by Crippen LogP contribution is -2.39. The molecule has 0 spiro atoms. The van der Waals surface area contributed by atoms with Crippen molar-refractivity contribution in [2.75, 3.05) is 20.1 Å². The van der Waals surface area contributed by atoms with Crippen molar-refractivity contribution < 1.29 is 4.79 Å². The third-order valence-corrected chi connectivity index (χ3v) is 4.17. The Kier molecular flexibility index (Phi) is 5.14. The Morgan fingerprint density at radius 3 is 2.80 bits per heavy atom. The summed E-state index contributed by atoms with van der Waals surface area (Å²) in [6.45, 7) is 1.34. The molecule has 1 aliphatic rings. The molecule has 1 aromatic heterocycles. The van der Waals surface area contributed by atoms with Crippen LogP contribution in [0.2, 0.25) is 0 Å². The highest BCUT2D eigenvalue weighted by molar-refractivity contribution is 5.76. The number of amides is 1. The fourth-order valence-corrected chi connectivity index (χ4v) is 2.85. The summed E-state index contributed by atoms with van der Waals surface area (Å²) in [4.78, 5) is 14.2. The zero-order chi connectivity index (χ0) is 14.5. The third kappa shape index (κ3) is 3.80. The molecule has 1 amide bonds. The number of aromatic nitrogens is 2. The predicted molar refractivity (Wildman–Crippen MR) is 78.2 cm³/mol. The normalized spacial score (nSPS) is 23.1. The maximum atomic E-state index is 11.9. The van der Waals surface area contributed by atoms with E-state index < -0.39 is 0 Å². The van der Waals surface area contributed by atoms with E-state index in [-0.39, 0.29) is 5.91 Å². The standard InChI is InChI=1S/C14H25N5O/c1-18-10-11(9-17-18)5-6-16-14(20)7-12-3-4-13(8-15)19(12)2/h9-10,12-13H,3-8,15H2,1-2H3,(H,16,20)/t12-,13+/m0/s1. The van der Waals surface area contributed by atoms with Crippen LogP contribution in [0.15, 0.2) is 12.4 Å². The molecule has 0 saturated carbocycles. The smallest absolute Gasteiger partial charge is 0.221 e. The zero-order valence-corrected chi connectivity index (χ0v) is 12.4. The second-order valence-electron chi connectivity index (χ2n) is 5.61. The highest BCUT2D eigenvalue weighted by Crippen LogP contribution is 2.23. The Hall–Kier alpha value is -1.40. The molecule has 3 N–H and O–H groups in total. The van der Waals surface area contributed by atoms with Gasteiger partial charge in [0.2, 0.25) is 5.91 Å². The summed E-state index contributed by atoms with van der Waals surface area (Å²) in [5, 5.41) is 7.10. The van der Waals surface area contributed by atoms with Gasteiger partial charge in [-0.15, -0.1) is 0 Å². The maximum absolute atomic E-state index is 11.9. The molecule has 112 valence electrons. The largest absolute Gasteiger partial charge is 0.356 e. The minimum atomic E-state index is 0.128. The monoisotopic (exact) mass is 279 g/mol. The molecule has 2 rings (SSSR count). The lowest BCUT2D eigenvalue weighted by Gasteiger charge is -2.24. The Bertz CT molecular complexity index is 445. The molecule has 2 atom stereocenters. The number of hydrogen-bond acceptors (Lipinski definition) is 4. The first kappa shape index (κ1) is 15.0.